The van der Waals surface area contributed by atoms with Gasteiger partial charge in [0.25, 0.3) is 0 Å². The van der Waals surface area contributed by atoms with Crippen molar-refractivity contribution in [1.82, 2.24) is 29.8 Å². The number of nitrogens with one attached hydrogen (secondary N) is 1. The number of rotatable bonds is 16. The fourth-order valence-corrected chi connectivity index (χ4v) is 4.95. The lowest BCUT2D eigenvalue weighted by atomic mass is 9.91. The van der Waals surface area contributed by atoms with Gasteiger partial charge < -0.3 is 18.9 Å². The number of ether oxygens (including phenoxy) is 4. The van der Waals surface area contributed by atoms with Crippen LogP contribution in [0.2, 0.25) is 0 Å². The molecule has 210 valence electrons. The molecule has 0 saturated carbocycles. The van der Waals surface area contributed by atoms with Crippen molar-refractivity contribution >= 4 is 0 Å². The number of hydrogen-bond donors (Lipinski definition) is 1. The number of aryl methyl sites for hydroxylation is 2. The maximum Gasteiger partial charge on any atom is 0.177 e. The minimum Gasteiger partial charge on any atom is -0.355 e. The Morgan fingerprint density at radius 2 is 1.66 bits per heavy atom. The van der Waals surface area contributed by atoms with Gasteiger partial charge in [-0.1, -0.05) is 27.7 Å². The van der Waals surface area contributed by atoms with E-state index in [2.05, 4.69) is 67.4 Å². The average molecular weight is 529 g/mol. The van der Waals surface area contributed by atoms with Gasteiger partial charge in [0, 0.05) is 18.1 Å². The van der Waals surface area contributed by atoms with Crippen LogP contribution in [0.1, 0.15) is 86.4 Å². The SMILES string of the molecule is Cc1[nH]nc(CCC(CCOCOCCn2cc(C(C)C)cn2)c2cnn(CC3OCCO3)c2)c1C(C)C. The van der Waals surface area contributed by atoms with Gasteiger partial charge in [-0.2, -0.15) is 15.3 Å². The lowest BCUT2D eigenvalue weighted by Crippen LogP contribution is -2.17. The highest BCUT2D eigenvalue weighted by molar-refractivity contribution is 5.28. The zero-order chi connectivity index (χ0) is 26.9. The van der Waals surface area contributed by atoms with Crippen LogP contribution < -0.4 is 0 Å². The molecular formula is C28H44N6O4. The van der Waals surface area contributed by atoms with Crippen LogP contribution in [-0.4, -0.2) is 69.3 Å². The van der Waals surface area contributed by atoms with Gasteiger partial charge >= 0.3 is 0 Å². The van der Waals surface area contributed by atoms with E-state index in [9.17, 15) is 0 Å². The van der Waals surface area contributed by atoms with Crippen molar-refractivity contribution in [2.45, 2.75) is 91.0 Å². The van der Waals surface area contributed by atoms with E-state index in [1.807, 2.05) is 21.8 Å². The van der Waals surface area contributed by atoms with Crippen LogP contribution in [0.5, 0.6) is 0 Å². The molecule has 0 aromatic carbocycles. The Morgan fingerprint density at radius 3 is 2.39 bits per heavy atom. The zero-order valence-electron chi connectivity index (χ0n) is 23.6. The highest BCUT2D eigenvalue weighted by atomic mass is 16.7. The average Bonchev–Trinajstić information content (AvgIpc) is 3.68. The number of aromatic nitrogens is 6. The minimum atomic E-state index is -0.221. The monoisotopic (exact) mass is 528 g/mol. The van der Waals surface area contributed by atoms with E-state index in [0.29, 0.717) is 57.3 Å². The second-order valence-corrected chi connectivity index (χ2v) is 10.7. The molecule has 0 aliphatic carbocycles. The zero-order valence-corrected chi connectivity index (χ0v) is 23.6. The summed E-state index contributed by atoms with van der Waals surface area (Å²) in [6.07, 6.45) is 10.6. The molecule has 3 aromatic rings. The second kappa shape index (κ2) is 14.0. The standard InChI is InChI=1S/C28H44N6O4/c1-20(2)24-14-29-33(16-24)9-11-36-19-35-10-8-23(6-7-26-28(21(3)4)22(5)31-32-26)25-15-30-34(17-25)18-27-37-12-13-38-27/h14-17,20-21,23,27H,6-13,18-19H2,1-5H3,(H,31,32). The van der Waals surface area contributed by atoms with Crippen LogP contribution in [0.25, 0.3) is 0 Å². The summed E-state index contributed by atoms with van der Waals surface area (Å²) in [6, 6.07) is 0. The molecule has 0 amide bonds. The lowest BCUT2D eigenvalue weighted by molar-refractivity contribution is -0.0582. The van der Waals surface area contributed by atoms with Gasteiger partial charge in [-0.15, -0.1) is 0 Å². The molecule has 4 rings (SSSR count). The molecule has 1 aliphatic heterocycles. The van der Waals surface area contributed by atoms with E-state index in [1.165, 1.54) is 16.7 Å². The third-order valence-electron chi connectivity index (χ3n) is 7.09. The van der Waals surface area contributed by atoms with Crippen molar-refractivity contribution in [2.24, 2.45) is 0 Å². The molecule has 1 atom stereocenters. The summed E-state index contributed by atoms with van der Waals surface area (Å²) >= 11 is 0. The van der Waals surface area contributed by atoms with Crippen LogP contribution in [0, 0.1) is 6.92 Å². The molecule has 4 heterocycles. The molecule has 10 heteroatoms. The molecule has 3 aromatic heterocycles. The van der Waals surface area contributed by atoms with E-state index >= 15 is 0 Å². The summed E-state index contributed by atoms with van der Waals surface area (Å²) in [5.41, 5.74) is 6.09. The largest absolute Gasteiger partial charge is 0.355 e. The third-order valence-corrected chi connectivity index (χ3v) is 7.09. The molecule has 1 saturated heterocycles. The Hall–Kier alpha value is -2.53. The molecule has 1 aliphatic rings. The van der Waals surface area contributed by atoms with Gasteiger partial charge in [0.1, 0.15) is 6.79 Å². The molecule has 0 radical (unpaired) electrons. The first-order valence-corrected chi connectivity index (χ1v) is 13.9. The van der Waals surface area contributed by atoms with E-state index in [0.717, 1.165) is 30.7 Å². The van der Waals surface area contributed by atoms with Crippen LogP contribution in [0.15, 0.2) is 24.8 Å². The van der Waals surface area contributed by atoms with E-state index < -0.39 is 0 Å². The Bertz CT molecular complexity index is 1100. The Kier molecular flexibility index (Phi) is 10.5. The summed E-state index contributed by atoms with van der Waals surface area (Å²) in [6.45, 7) is 14.9. The highest BCUT2D eigenvalue weighted by Gasteiger charge is 2.21. The first kappa shape index (κ1) is 28.5. The van der Waals surface area contributed by atoms with Crippen molar-refractivity contribution in [3.05, 3.63) is 52.9 Å². The van der Waals surface area contributed by atoms with Crippen molar-refractivity contribution in [1.29, 1.82) is 0 Å². The van der Waals surface area contributed by atoms with Crippen LogP contribution in [0.3, 0.4) is 0 Å². The molecule has 0 spiro atoms. The highest BCUT2D eigenvalue weighted by Crippen LogP contribution is 2.28. The first-order valence-electron chi connectivity index (χ1n) is 13.9. The van der Waals surface area contributed by atoms with E-state index in [-0.39, 0.29) is 13.1 Å². The Labute approximate surface area is 226 Å². The second-order valence-electron chi connectivity index (χ2n) is 10.7. The maximum atomic E-state index is 5.86. The van der Waals surface area contributed by atoms with Gasteiger partial charge in [0.05, 0.1) is 57.6 Å². The number of aromatic amines is 1. The van der Waals surface area contributed by atoms with Crippen LogP contribution in [-0.2, 0) is 38.5 Å². The van der Waals surface area contributed by atoms with E-state index in [1.54, 1.807) is 0 Å². The van der Waals surface area contributed by atoms with Crippen molar-refractivity contribution < 1.29 is 18.9 Å². The predicted molar refractivity (Wildman–Crippen MR) is 144 cm³/mol. The fourth-order valence-electron chi connectivity index (χ4n) is 4.95. The topological polar surface area (TPSA) is 101 Å². The number of nitrogens with zero attached hydrogens (tertiary/aromatic N) is 5. The van der Waals surface area contributed by atoms with Crippen LogP contribution >= 0.6 is 0 Å². The minimum absolute atomic E-state index is 0.221. The normalized spacial score (nSPS) is 15.3. The summed E-state index contributed by atoms with van der Waals surface area (Å²) in [5, 5.41) is 16.7. The van der Waals surface area contributed by atoms with Gasteiger partial charge in [-0.25, -0.2) is 0 Å². The molecule has 1 fully saturated rings. The third kappa shape index (κ3) is 7.99. The maximum absolute atomic E-state index is 5.86. The van der Waals surface area contributed by atoms with Crippen molar-refractivity contribution in [3.63, 3.8) is 0 Å². The van der Waals surface area contributed by atoms with E-state index in [4.69, 9.17) is 18.9 Å². The summed E-state index contributed by atoms with van der Waals surface area (Å²) in [4.78, 5) is 0. The molecular weight excluding hydrogens is 484 g/mol. The summed E-state index contributed by atoms with van der Waals surface area (Å²) in [7, 11) is 0. The number of H-pyrrole nitrogens is 1. The van der Waals surface area contributed by atoms with Gasteiger partial charge in [-0.3, -0.25) is 14.5 Å². The smallest absolute Gasteiger partial charge is 0.177 e. The Morgan fingerprint density at radius 1 is 0.947 bits per heavy atom. The number of hydrogen-bond acceptors (Lipinski definition) is 7. The quantitative estimate of drug-likeness (QED) is 0.215. The molecule has 10 nitrogen and oxygen atoms in total. The predicted octanol–water partition coefficient (Wildman–Crippen LogP) is 4.53. The molecule has 38 heavy (non-hydrogen) atoms. The van der Waals surface area contributed by atoms with Crippen LogP contribution in [0.4, 0.5) is 0 Å². The molecule has 1 N–H and O–H groups in total. The van der Waals surface area contributed by atoms with Gasteiger partial charge in [-0.05, 0) is 60.6 Å². The van der Waals surface area contributed by atoms with Gasteiger partial charge in [0.2, 0.25) is 0 Å². The van der Waals surface area contributed by atoms with Crippen molar-refractivity contribution in [2.75, 3.05) is 33.2 Å². The molecule has 1 unspecified atom stereocenters. The lowest BCUT2D eigenvalue weighted by Gasteiger charge is -2.16. The fraction of sp³-hybridized carbons (Fsp3) is 0.679. The van der Waals surface area contributed by atoms with Crippen molar-refractivity contribution in [3.8, 4) is 0 Å². The molecule has 0 bridgehead atoms. The summed E-state index contributed by atoms with van der Waals surface area (Å²) < 4.78 is 26.6. The summed E-state index contributed by atoms with van der Waals surface area (Å²) in [5.74, 6) is 1.21. The Balaban J connectivity index is 1.27. The van der Waals surface area contributed by atoms with Gasteiger partial charge in [0.15, 0.2) is 6.29 Å². The first-order chi connectivity index (χ1) is 18.4.